The lowest BCUT2D eigenvalue weighted by atomic mass is 10.0. The first-order valence-electron chi connectivity index (χ1n) is 10.8. The van der Waals surface area contributed by atoms with Crippen LogP contribution in [0.15, 0.2) is 42.7 Å². The highest BCUT2D eigenvalue weighted by Crippen LogP contribution is 2.25. The summed E-state index contributed by atoms with van der Waals surface area (Å²) >= 11 is 13.1. The molecule has 0 spiro atoms. The van der Waals surface area contributed by atoms with Gasteiger partial charge in [0.2, 0.25) is 11.2 Å². The van der Waals surface area contributed by atoms with Gasteiger partial charge in [-0.2, -0.15) is 5.06 Å². The van der Waals surface area contributed by atoms with Crippen LogP contribution in [0.5, 0.6) is 0 Å². The molecule has 2 aromatic heterocycles. The zero-order chi connectivity index (χ0) is 25.4. The summed E-state index contributed by atoms with van der Waals surface area (Å²) in [5.41, 5.74) is 1.39. The van der Waals surface area contributed by atoms with E-state index >= 15 is 0 Å². The zero-order valence-corrected chi connectivity index (χ0v) is 22.1. The number of hydroxylamine groups is 2. The quantitative estimate of drug-likeness (QED) is 0.147. The maximum Gasteiger partial charge on any atom is 0.242 e. The predicted octanol–water partition coefficient (Wildman–Crippen LogP) is 4.63. The monoisotopic (exact) mass is 539 g/mol. The van der Waals surface area contributed by atoms with E-state index in [2.05, 4.69) is 25.6 Å². The highest BCUT2D eigenvalue weighted by Gasteiger charge is 2.21. The van der Waals surface area contributed by atoms with E-state index in [9.17, 15) is 4.79 Å². The van der Waals surface area contributed by atoms with E-state index in [1.165, 1.54) is 5.06 Å². The van der Waals surface area contributed by atoms with Gasteiger partial charge >= 0.3 is 0 Å². The van der Waals surface area contributed by atoms with Crippen LogP contribution < -0.4 is 10.6 Å². The molecule has 0 aliphatic carbocycles. The Morgan fingerprint density at radius 3 is 2.63 bits per heavy atom. The van der Waals surface area contributed by atoms with Gasteiger partial charge in [-0.05, 0) is 41.6 Å². The Hall–Kier alpha value is -2.41. The number of anilines is 1. The van der Waals surface area contributed by atoms with Crippen molar-refractivity contribution in [3.05, 3.63) is 58.6 Å². The molecule has 1 aromatic carbocycles. The Morgan fingerprint density at radius 2 is 1.94 bits per heavy atom. The van der Waals surface area contributed by atoms with Gasteiger partial charge in [-0.3, -0.25) is 4.79 Å². The fourth-order valence-corrected chi connectivity index (χ4v) is 3.88. The van der Waals surface area contributed by atoms with Crippen molar-refractivity contribution in [2.75, 3.05) is 19.4 Å². The van der Waals surface area contributed by atoms with Crippen LogP contribution >= 0.6 is 35.4 Å². The van der Waals surface area contributed by atoms with E-state index in [1.807, 2.05) is 26.0 Å². The smallest absolute Gasteiger partial charge is 0.242 e. The van der Waals surface area contributed by atoms with Crippen LogP contribution in [-0.4, -0.2) is 50.0 Å². The molecule has 3 aromatic rings. The van der Waals surface area contributed by atoms with Crippen LogP contribution in [-0.2, 0) is 20.7 Å². The highest BCUT2D eigenvalue weighted by molar-refractivity contribution is 7.93. The number of amides is 1. The molecule has 0 aliphatic rings. The Morgan fingerprint density at radius 1 is 1.20 bits per heavy atom. The van der Waals surface area contributed by atoms with Crippen molar-refractivity contribution in [2.45, 2.75) is 32.9 Å². The Kier molecular flexibility index (Phi) is 10.1. The number of imidazole rings is 1. The number of carbonyl (C=O) groups is 1. The summed E-state index contributed by atoms with van der Waals surface area (Å²) in [4.78, 5) is 30.8. The Labute approximate surface area is 218 Å². The van der Waals surface area contributed by atoms with E-state index < -0.39 is 6.04 Å². The molecule has 0 saturated carbocycles. The number of hydrogen-bond acceptors (Lipinski definition) is 9. The van der Waals surface area contributed by atoms with Crippen molar-refractivity contribution >= 4 is 47.2 Å². The van der Waals surface area contributed by atoms with Crippen LogP contribution in [0.3, 0.4) is 0 Å². The van der Waals surface area contributed by atoms with Crippen LogP contribution in [0.4, 0.5) is 5.82 Å². The molecule has 13 heteroatoms. The van der Waals surface area contributed by atoms with E-state index in [1.54, 1.807) is 48.7 Å². The van der Waals surface area contributed by atoms with E-state index in [0.717, 1.165) is 17.8 Å². The van der Waals surface area contributed by atoms with Crippen molar-refractivity contribution < 1.29 is 14.1 Å². The number of nitrogens with zero attached hydrogens (tertiary/aromatic N) is 5. The predicted molar refractivity (Wildman–Crippen MR) is 137 cm³/mol. The fourth-order valence-electron chi connectivity index (χ4n) is 3.04. The van der Waals surface area contributed by atoms with E-state index in [-0.39, 0.29) is 17.1 Å². The molecule has 0 unspecified atom stereocenters. The molecule has 0 bridgehead atoms. The van der Waals surface area contributed by atoms with Crippen LogP contribution in [0, 0.1) is 5.92 Å². The van der Waals surface area contributed by atoms with Crippen LogP contribution in [0.2, 0.25) is 10.3 Å². The third-order valence-corrected chi connectivity index (χ3v) is 5.55. The van der Waals surface area contributed by atoms with Gasteiger partial charge < -0.3 is 10.6 Å². The number of rotatable bonds is 12. The first-order chi connectivity index (χ1) is 16.7. The minimum atomic E-state index is -0.535. The lowest BCUT2D eigenvalue weighted by Crippen LogP contribution is -2.40. The SMILES string of the molecule is CC(C)C[C@@H](Nc1cc(-c2nccn2SOON(C)C)nc(Cl)n1)C(=O)NCc1ccc(Cl)cc1. The molecule has 10 nitrogen and oxygen atoms in total. The summed E-state index contributed by atoms with van der Waals surface area (Å²) in [5.74, 6) is 0.973. The molecule has 35 heavy (non-hydrogen) atoms. The third-order valence-electron chi connectivity index (χ3n) is 4.55. The average molecular weight is 540 g/mol. The molecule has 3 rings (SSSR count). The fraction of sp³-hybridized carbons (Fsp3) is 0.364. The zero-order valence-electron chi connectivity index (χ0n) is 19.7. The number of benzene rings is 1. The summed E-state index contributed by atoms with van der Waals surface area (Å²) in [6.45, 7) is 4.47. The van der Waals surface area contributed by atoms with Gasteiger partial charge in [-0.1, -0.05) is 37.6 Å². The minimum absolute atomic E-state index is 0.0138. The van der Waals surface area contributed by atoms with E-state index in [0.29, 0.717) is 35.3 Å². The number of carbonyl (C=O) groups excluding carboxylic acids is 1. The van der Waals surface area contributed by atoms with Crippen LogP contribution in [0.1, 0.15) is 25.8 Å². The Bertz CT molecular complexity index is 1110. The summed E-state index contributed by atoms with van der Waals surface area (Å²) in [5, 5.41) is 8.23. The van der Waals surface area contributed by atoms with Crippen molar-refractivity contribution in [3.8, 4) is 11.5 Å². The molecule has 0 radical (unpaired) electrons. The second kappa shape index (κ2) is 13.1. The first-order valence-corrected chi connectivity index (χ1v) is 12.2. The lowest BCUT2D eigenvalue weighted by molar-refractivity contribution is -0.340. The summed E-state index contributed by atoms with van der Waals surface area (Å²) in [6, 6.07) is 8.47. The Balaban J connectivity index is 1.74. The maximum absolute atomic E-state index is 13.0. The van der Waals surface area contributed by atoms with Crippen molar-refractivity contribution in [3.63, 3.8) is 0 Å². The molecule has 0 saturated heterocycles. The van der Waals surface area contributed by atoms with Crippen molar-refractivity contribution in [2.24, 2.45) is 5.92 Å². The third kappa shape index (κ3) is 8.64. The second-order valence-corrected chi connectivity index (χ2v) is 9.64. The molecule has 0 aliphatic heterocycles. The molecule has 0 fully saturated rings. The molecular formula is C22H27Cl2N7O3S. The van der Waals surface area contributed by atoms with Gasteiger partial charge in [0.05, 0.1) is 0 Å². The van der Waals surface area contributed by atoms with Crippen LogP contribution in [0.25, 0.3) is 11.5 Å². The van der Waals surface area contributed by atoms with Gasteiger partial charge in [0, 0.05) is 44.1 Å². The molecule has 1 atom stereocenters. The number of halogens is 2. The maximum atomic E-state index is 13.0. The molecule has 2 N–H and O–H groups in total. The number of hydrogen-bond donors (Lipinski definition) is 2. The van der Waals surface area contributed by atoms with Gasteiger partial charge in [0.1, 0.15) is 17.6 Å². The summed E-state index contributed by atoms with van der Waals surface area (Å²) < 4.78 is 6.71. The lowest BCUT2D eigenvalue weighted by Gasteiger charge is -2.21. The van der Waals surface area contributed by atoms with Gasteiger partial charge in [0.15, 0.2) is 18.1 Å². The van der Waals surface area contributed by atoms with Crippen molar-refractivity contribution in [1.82, 2.24) is 29.3 Å². The van der Waals surface area contributed by atoms with Gasteiger partial charge in [-0.15, -0.1) is 9.32 Å². The molecule has 188 valence electrons. The number of aromatic nitrogens is 4. The summed E-state index contributed by atoms with van der Waals surface area (Å²) in [6.07, 6.45) is 3.87. The average Bonchev–Trinajstić information content (AvgIpc) is 3.26. The molecule has 1 amide bonds. The minimum Gasteiger partial charge on any atom is -0.358 e. The first kappa shape index (κ1) is 27.2. The van der Waals surface area contributed by atoms with Gasteiger partial charge in [0.25, 0.3) is 0 Å². The van der Waals surface area contributed by atoms with Gasteiger partial charge in [-0.25, -0.2) is 18.9 Å². The topological polar surface area (TPSA) is 106 Å². The highest BCUT2D eigenvalue weighted by atomic mass is 35.5. The standard InChI is InChI=1S/C22H27Cl2N7O3S/c1-14(2)11-18(21(32)26-13-15-5-7-16(23)8-6-15)27-19-12-17(28-22(24)29-19)20-25-9-10-31(20)35-34-33-30(3)4/h5-10,12,14,18H,11,13H2,1-4H3,(H,26,32)(H,27,28,29)/t18-/m1/s1. The normalized spacial score (nSPS) is 12.2. The second-order valence-electron chi connectivity index (χ2n) is 8.18. The molecular weight excluding hydrogens is 513 g/mol. The number of nitrogens with one attached hydrogen (secondary N) is 2. The molecule has 2 heterocycles. The van der Waals surface area contributed by atoms with Crippen molar-refractivity contribution in [1.29, 1.82) is 0 Å². The summed E-state index contributed by atoms with van der Waals surface area (Å²) in [7, 11) is 3.38. The van der Waals surface area contributed by atoms with E-state index in [4.69, 9.17) is 32.5 Å². The largest absolute Gasteiger partial charge is 0.358 e.